The van der Waals surface area contributed by atoms with Crippen LogP contribution in [-0.2, 0) is 6.42 Å². The van der Waals surface area contributed by atoms with E-state index in [1.54, 1.807) is 11.3 Å². The molecule has 1 aromatic rings. The molecular weight excluding hydrogens is 182 g/mol. The van der Waals surface area contributed by atoms with Crippen molar-refractivity contribution in [2.75, 3.05) is 0 Å². The molecule has 0 spiro atoms. The zero-order chi connectivity index (χ0) is 10.1. The first-order chi connectivity index (χ1) is 5.89. The van der Waals surface area contributed by atoms with Gasteiger partial charge in [-0.1, -0.05) is 20.8 Å². The molecule has 1 rings (SSSR count). The Labute approximate surface area is 83.4 Å². The van der Waals surface area contributed by atoms with E-state index in [9.17, 15) is 0 Å². The lowest BCUT2D eigenvalue weighted by atomic mass is 9.86. The Hall–Kier alpha value is -0.480. The zero-order valence-corrected chi connectivity index (χ0v) is 9.48. The van der Waals surface area contributed by atoms with Gasteiger partial charge in [-0.3, -0.25) is 0 Å². The maximum atomic E-state index is 6.03. The smallest absolute Gasteiger partial charge is 0.119 e. The first-order valence-corrected chi connectivity index (χ1v) is 5.26. The minimum absolute atomic E-state index is 0.138. The van der Waals surface area contributed by atoms with Crippen molar-refractivity contribution in [1.29, 1.82) is 0 Å². The van der Waals surface area contributed by atoms with Gasteiger partial charge < -0.3 is 5.73 Å². The Bertz CT molecular complexity index is 275. The molecule has 0 bridgehead atoms. The van der Waals surface area contributed by atoms with E-state index in [0.717, 1.165) is 16.4 Å². The molecule has 2 N–H and O–H groups in total. The molecule has 0 radical (unpaired) electrons. The van der Waals surface area contributed by atoms with E-state index < -0.39 is 0 Å². The Morgan fingerprint density at radius 3 is 2.38 bits per heavy atom. The summed E-state index contributed by atoms with van der Waals surface area (Å²) in [6.45, 7) is 8.40. The van der Waals surface area contributed by atoms with Crippen LogP contribution in [0.3, 0.4) is 0 Å². The predicted octanol–water partition coefficient (Wildman–Crippen LogP) is 1.76. The van der Waals surface area contributed by atoms with E-state index in [-0.39, 0.29) is 11.5 Å². The van der Waals surface area contributed by atoms with Gasteiger partial charge in [-0.2, -0.15) is 0 Å². The summed E-state index contributed by atoms with van der Waals surface area (Å²) in [5.74, 6) is 0. The number of nitrogens with zero attached hydrogens (tertiary/aromatic N) is 2. The summed E-state index contributed by atoms with van der Waals surface area (Å²) in [4.78, 5) is 0. The summed E-state index contributed by atoms with van der Waals surface area (Å²) in [5, 5.41) is 10.1. The first-order valence-electron chi connectivity index (χ1n) is 4.44. The molecule has 0 aliphatic carbocycles. The molecule has 0 aliphatic heterocycles. The molecule has 0 saturated carbocycles. The zero-order valence-electron chi connectivity index (χ0n) is 8.66. The Morgan fingerprint density at radius 1 is 1.38 bits per heavy atom. The number of hydrogen-bond acceptors (Lipinski definition) is 4. The fourth-order valence-corrected chi connectivity index (χ4v) is 1.68. The fourth-order valence-electron chi connectivity index (χ4n) is 0.914. The van der Waals surface area contributed by atoms with Gasteiger partial charge in [0.1, 0.15) is 10.0 Å². The van der Waals surface area contributed by atoms with Crippen molar-refractivity contribution in [2.45, 2.75) is 40.2 Å². The minimum atomic E-state index is 0.138. The molecule has 4 heteroatoms. The number of hydrogen-bond donors (Lipinski definition) is 1. The van der Waals surface area contributed by atoms with Gasteiger partial charge in [-0.15, -0.1) is 21.5 Å². The Kier molecular flexibility index (Phi) is 3.03. The third-order valence-electron chi connectivity index (χ3n) is 2.07. The third kappa shape index (κ3) is 3.04. The van der Waals surface area contributed by atoms with Crippen molar-refractivity contribution in [3.05, 3.63) is 10.0 Å². The van der Waals surface area contributed by atoms with Gasteiger partial charge in [0, 0.05) is 12.5 Å². The summed E-state index contributed by atoms with van der Waals surface area (Å²) in [5.41, 5.74) is 6.17. The van der Waals surface area contributed by atoms with Crippen molar-refractivity contribution in [1.82, 2.24) is 10.2 Å². The van der Waals surface area contributed by atoms with E-state index in [1.807, 2.05) is 6.92 Å². The van der Waals surface area contributed by atoms with E-state index in [0.29, 0.717) is 0 Å². The number of aryl methyl sites for hydroxylation is 1. The van der Waals surface area contributed by atoms with Gasteiger partial charge in [-0.25, -0.2) is 0 Å². The number of rotatable bonds is 2. The lowest BCUT2D eigenvalue weighted by Crippen LogP contribution is -2.36. The first kappa shape index (κ1) is 10.6. The molecule has 0 amide bonds. The van der Waals surface area contributed by atoms with E-state index in [4.69, 9.17) is 5.73 Å². The lowest BCUT2D eigenvalue weighted by Gasteiger charge is -2.25. The van der Waals surface area contributed by atoms with Gasteiger partial charge in [0.05, 0.1) is 0 Å². The number of aromatic nitrogens is 2. The Morgan fingerprint density at radius 2 is 2.00 bits per heavy atom. The standard InChI is InChI=1S/C9H17N3S/c1-6-11-12-8(13-6)5-7(10)9(2,3)4/h7H,5,10H2,1-4H3. The summed E-state index contributed by atoms with van der Waals surface area (Å²) < 4.78 is 0. The van der Waals surface area contributed by atoms with Crippen molar-refractivity contribution < 1.29 is 0 Å². The van der Waals surface area contributed by atoms with Crippen LogP contribution in [0.5, 0.6) is 0 Å². The van der Waals surface area contributed by atoms with Gasteiger partial charge in [0.25, 0.3) is 0 Å². The normalized spacial score (nSPS) is 14.5. The molecule has 3 nitrogen and oxygen atoms in total. The molecule has 13 heavy (non-hydrogen) atoms. The topological polar surface area (TPSA) is 51.8 Å². The van der Waals surface area contributed by atoms with Crippen LogP contribution in [0.1, 0.15) is 30.8 Å². The predicted molar refractivity (Wildman–Crippen MR) is 55.8 cm³/mol. The van der Waals surface area contributed by atoms with Crippen molar-refractivity contribution in [2.24, 2.45) is 11.1 Å². The quantitative estimate of drug-likeness (QED) is 0.789. The van der Waals surface area contributed by atoms with Gasteiger partial charge in [0.2, 0.25) is 0 Å². The van der Waals surface area contributed by atoms with E-state index >= 15 is 0 Å². The molecule has 1 aromatic heterocycles. The summed E-state index contributed by atoms with van der Waals surface area (Å²) in [6.07, 6.45) is 0.828. The lowest BCUT2D eigenvalue weighted by molar-refractivity contribution is 0.318. The molecule has 0 aliphatic rings. The summed E-state index contributed by atoms with van der Waals surface area (Å²) in [7, 11) is 0. The largest absolute Gasteiger partial charge is 0.327 e. The molecule has 0 saturated heterocycles. The monoisotopic (exact) mass is 199 g/mol. The highest BCUT2D eigenvalue weighted by Crippen LogP contribution is 2.21. The van der Waals surface area contributed by atoms with Crippen LogP contribution in [0.4, 0.5) is 0 Å². The van der Waals surface area contributed by atoms with Crippen molar-refractivity contribution in [3.8, 4) is 0 Å². The van der Waals surface area contributed by atoms with Gasteiger partial charge >= 0.3 is 0 Å². The van der Waals surface area contributed by atoms with E-state index in [2.05, 4.69) is 31.0 Å². The van der Waals surface area contributed by atoms with Crippen LogP contribution in [0, 0.1) is 12.3 Å². The maximum Gasteiger partial charge on any atom is 0.119 e. The average Bonchev–Trinajstić information content (AvgIpc) is 2.33. The van der Waals surface area contributed by atoms with E-state index in [1.165, 1.54) is 0 Å². The van der Waals surface area contributed by atoms with Crippen molar-refractivity contribution >= 4 is 11.3 Å². The van der Waals surface area contributed by atoms with Gasteiger partial charge in [-0.05, 0) is 12.3 Å². The van der Waals surface area contributed by atoms with Crippen LogP contribution >= 0.6 is 11.3 Å². The third-order valence-corrected chi connectivity index (χ3v) is 2.94. The van der Waals surface area contributed by atoms with Crippen LogP contribution in [0.15, 0.2) is 0 Å². The summed E-state index contributed by atoms with van der Waals surface area (Å²) >= 11 is 1.63. The average molecular weight is 199 g/mol. The molecule has 0 aromatic carbocycles. The second-order valence-electron chi connectivity index (χ2n) is 4.39. The van der Waals surface area contributed by atoms with Crippen LogP contribution < -0.4 is 5.73 Å². The molecule has 74 valence electrons. The van der Waals surface area contributed by atoms with Crippen molar-refractivity contribution in [3.63, 3.8) is 0 Å². The SMILES string of the molecule is Cc1nnc(CC(N)C(C)(C)C)s1. The minimum Gasteiger partial charge on any atom is -0.327 e. The summed E-state index contributed by atoms with van der Waals surface area (Å²) in [6, 6.07) is 0.153. The maximum absolute atomic E-state index is 6.03. The van der Waals surface area contributed by atoms with Crippen LogP contribution in [0.25, 0.3) is 0 Å². The van der Waals surface area contributed by atoms with Crippen LogP contribution in [0.2, 0.25) is 0 Å². The molecule has 1 atom stereocenters. The van der Waals surface area contributed by atoms with Crippen LogP contribution in [-0.4, -0.2) is 16.2 Å². The second-order valence-corrected chi connectivity index (χ2v) is 5.66. The molecule has 1 unspecified atom stereocenters. The number of nitrogens with two attached hydrogens (primary N) is 1. The highest BCUT2D eigenvalue weighted by atomic mass is 32.1. The van der Waals surface area contributed by atoms with Gasteiger partial charge in [0.15, 0.2) is 0 Å². The molecule has 1 heterocycles. The highest BCUT2D eigenvalue weighted by Gasteiger charge is 2.21. The second kappa shape index (κ2) is 3.72. The Balaban J connectivity index is 2.60. The molecular formula is C9H17N3S. The molecule has 0 fully saturated rings. The highest BCUT2D eigenvalue weighted by molar-refractivity contribution is 7.11. The fraction of sp³-hybridized carbons (Fsp3) is 0.778.